The van der Waals surface area contributed by atoms with Gasteiger partial charge in [0.05, 0.1) is 12.3 Å². The van der Waals surface area contributed by atoms with Gasteiger partial charge in [0.25, 0.3) is 0 Å². The molecule has 24 heavy (non-hydrogen) atoms. The van der Waals surface area contributed by atoms with Crippen LogP contribution in [0.25, 0.3) is 0 Å². The van der Waals surface area contributed by atoms with E-state index >= 15 is 0 Å². The second-order valence-corrected chi connectivity index (χ2v) is 9.20. The molecule has 0 saturated heterocycles. The van der Waals surface area contributed by atoms with E-state index < -0.39 is 10.0 Å². The van der Waals surface area contributed by atoms with Crippen LogP contribution in [0.2, 0.25) is 0 Å². The van der Waals surface area contributed by atoms with E-state index in [1.54, 1.807) is 11.3 Å². The van der Waals surface area contributed by atoms with Gasteiger partial charge in [-0.15, -0.1) is 11.3 Å². The predicted molar refractivity (Wildman–Crippen MR) is 98.8 cm³/mol. The Hall–Kier alpha value is -1.19. The molecule has 1 heterocycles. The minimum absolute atomic E-state index is 0.0422. The van der Waals surface area contributed by atoms with Crippen LogP contribution in [0.3, 0.4) is 0 Å². The van der Waals surface area contributed by atoms with E-state index in [4.69, 9.17) is 0 Å². The summed E-state index contributed by atoms with van der Waals surface area (Å²) in [5.74, 6) is 1.17. The smallest absolute Gasteiger partial charge is 0.213 e. The molecule has 136 valence electrons. The molecule has 0 spiro atoms. The number of aromatic nitrogens is 1. The van der Waals surface area contributed by atoms with E-state index in [2.05, 4.69) is 25.3 Å². The third-order valence-corrected chi connectivity index (χ3v) is 6.11. The molecule has 3 N–H and O–H groups in total. The number of nitrogens with zero attached hydrogens (tertiary/aromatic N) is 2. The van der Waals surface area contributed by atoms with Crippen LogP contribution in [0.15, 0.2) is 11.2 Å². The normalized spacial score (nSPS) is 16.0. The van der Waals surface area contributed by atoms with Gasteiger partial charge >= 0.3 is 0 Å². The largest absolute Gasteiger partial charge is 0.357 e. The van der Waals surface area contributed by atoms with Crippen molar-refractivity contribution in [2.45, 2.75) is 39.7 Å². The number of rotatable bonds is 9. The molecule has 0 aliphatic heterocycles. The van der Waals surface area contributed by atoms with Crippen LogP contribution in [0.4, 0.5) is 0 Å². The monoisotopic (exact) mass is 373 g/mol. The summed E-state index contributed by atoms with van der Waals surface area (Å²) in [5, 5.41) is 7.12. The van der Waals surface area contributed by atoms with E-state index in [0.29, 0.717) is 31.5 Å². The van der Waals surface area contributed by atoms with E-state index in [0.717, 1.165) is 29.3 Å². The quantitative estimate of drug-likeness (QED) is 0.447. The van der Waals surface area contributed by atoms with Crippen molar-refractivity contribution in [2.24, 2.45) is 10.9 Å². The second kappa shape index (κ2) is 9.33. The van der Waals surface area contributed by atoms with Crippen molar-refractivity contribution in [3.8, 4) is 0 Å². The van der Waals surface area contributed by atoms with Crippen molar-refractivity contribution in [1.82, 2.24) is 20.3 Å². The topological polar surface area (TPSA) is 95.5 Å². The molecule has 1 aliphatic carbocycles. The van der Waals surface area contributed by atoms with Crippen LogP contribution in [0.1, 0.15) is 36.1 Å². The van der Waals surface area contributed by atoms with Crippen LogP contribution >= 0.6 is 11.3 Å². The van der Waals surface area contributed by atoms with Crippen LogP contribution in [0, 0.1) is 12.8 Å². The first-order valence-corrected chi connectivity index (χ1v) is 10.9. The molecule has 2 rings (SSSR count). The first-order chi connectivity index (χ1) is 11.5. The summed E-state index contributed by atoms with van der Waals surface area (Å²) in [6.07, 6.45) is 5.31. The minimum atomic E-state index is -3.23. The third-order valence-electron chi connectivity index (χ3n) is 3.87. The highest BCUT2D eigenvalue weighted by atomic mass is 32.2. The second-order valence-electron chi connectivity index (χ2n) is 5.95. The number of nitrogens with one attached hydrogen (secondary N) is 3. The maximum absolute atomic E-state index is 12.0. The number of aliphatic imine (C=N–C) groups is 1. The molecule has 1 aromatic heterocycles. The molecule has 1 fully saturated rings. The lowest BCUT2D eigenvalue weighted by Crippen LogP contribution is -2.42. The molecule has 0 bridgehead atoms. The number of sulfonamides is 1. The Balaban J connectivity index is 1.75. The Bertz CT molecular complexity index is 638. The van der Waals surface area contributed by atoms with Crippen LogP contribution < -0.4 is 15.4 Å². The summed E-state index contributed by atoms with van der Waals surface area (Å²) < 4.78 is 26.6. The van der Waals surface area contributed by atoms with Gasteiger partial charge < -0.3 is 10.6 Å². The Labute approximate surface area is 148 Å². The predicted octanol–water partition coefficient (Wildman–Crippen LogP) is 1.23. The first-order valence-electron chi connectivity index (χ1n) is 8.39. The fourth-order valence-corrected chi connectivity index (χ4v) is 4.00. The van der Waals surface area contributed by atoms with Crippen molar-refractivity contribution < 1.29 is 8.42 Å². The van der Waals surface area contributed by atoms with Gasteiger partial charge in [-0.25, -0.2) is 23.1 Å². The molecule has 1 aromatic rings. The molecule has 1 aliphatic rings. The lowest BCUT2D eigenvalue weighted by Gasteiger charge is -2.25. The number of hydrogen-bond acceptors (Lipinski definition) is 5. The molecule has 0 unspecified atom stereocenters. The van der Waals surface area contributed by atoms with Gasteiger partial charge in [-0.1, -0.05) is 6.42 Å². The Morgan fingerprint density at radius 2 is 2.21 bits per heavy atom. The summed E-state index contributed by atoms with van der Waals surface area (Å²) in [7, 11) is -3.23. The Morgan fingerprint density at radius 1 is 1.42 bits per heavy atom. The highest BCUT2D eigenvalue weighted by molar-refractivity contribution is 7.89. The van der Waals surface area contributed by atoms with Crippen LogP contribution in [-0.4, -0.2) is 44.7 Å². The fraction of sp³-hybridized carbons (Fsp3) is 0.733. The standard InChI is InChI=1S/C15H27N5O2S2/c1-3-16-15(19-11-14-18-9-12(2)23-14)17-7-8-24(21,22)20-10-13-5-4-6-13/h9,13,20H,3-8,10-11H2,1-2H3,(H2,16,17,19). The number of aryl methyl sites for hydroxylation is 1. The number of guanidine groups is 1. The maximum atomic E-state index is 12.0. The lowest BCUT2D eigenvalue weighted by atomic mass is 9.86. The van der Waals surface area contributed by atoms with Crippen LogP contribution in [-0.2, 0) is 16.6 Å². The molecular formula is C15H27N5O2S2. The average molecular weight is 374 g/mol. The van der Waals surface area contributed by atoms with Gasteiger partial charge in [-0.2, -0.15) is 0 Å². The Kier molecular flexibility index (Phi) is 7.44. The van der Waals surface area contributed by atoms with E-state index in [9.17, 15) is 8.42 Å². The first kappa shape index (κ1) is 19.1. The maximum Gasteiger partial charge on any atom is 0.213 e. The summed E-state index contributed by atoms with van der Waals surface area (Å²) in [4.78, 5) is 9.87. The van der Waals surface area contributed by atoms with Gasteiger partial charge in [0.1, 0.15) is 5.01 Å². The van der Waals surface area contributed by atoms with Gasteiger partial charge in [-0.05, 0) is 32.6 Å². The molecule has 0 amide bonds. The van der Waals surface area contributed by atoms with Crippen molar-refractivity contribution in [2.75, 3.05) is 25.4 Å². The van der Waals surface area contributed by atoms with Gasteiger partial charge in [0.15, 0.2) is 5.96 Å². The van der Waals surface area contributed by atoms with Crippen LogP contribution in [0.5, 0.6) is 0 Å². The molecular weight excluding hydrogens is 346 g/mol. The highest BCUT2D eigenvalue weighted by Crippen LogP contribution is 2.25. The zero-order valence-electron chi connectivity index (χ0n) is 14.3. The molecule has 0 atom stereocenters. The minimum Gasteiger partial charge on any atom is -0.357 e. The zero-order valence-corrected chi connectivity index (χ0v) is 16.0. The lowest BCUT2D eigenvalue weighted by molar-refractivity contribution is 0.316. The van der Waals surface area contributed by atoms with E-state index in [1.165, 1.54) is 6.42 Å². The van der Waals surface area contributed by atoms with Crippen molar-refractivity contribution in [3.63, 3.8) is 0 Å². The van der Waals surface area contributed by atoms with Crippen molar-refractivity contribution in [1.29, 1.82) is 0 Å². The van der Waals surface area contributed by atoms with E-state index in [1.807, 2.05) is 20.0 Å². The zero-order chi connectivity index (χ0) is 17.4. The summed E-state index contributed by atoms with van der Waals surface area (Å²) in [6.45, 7) is 6.08. The Morgan fingerprint density at radius 3 is 2.79 bits per heavy atom. The summed E-state index contributed by atoms with van der Waals surface area (Å²) >= 11 is 1.61. The number of hydrogen-bond donors (Lipinski definition) is 3. The summed E-state index contributed by atoms with van der Waals surface area (Å²) in [5.41, 5.74) is 0. The van der Waals surface area contributed by atoms with Gasteiger partial charge in [0, 0.05) is 30.7 Å². The van der Waals surface area contributed by atoms with Gasteiger partial charge in [0.2, 0.25) is 10.0 Å². The highest BCUT2D eigenvalue weighted by Gasteiger charge is 2.20. The van der Waals surface area contributed by atoms with E-state index in [-0.39, 0.29) is 5.75 Å². The van der Waals surface area contributed by atoms with Crippen molar-refractivity contribution in [3.05, 3.63) is 16.1 Å². The molecule has 9 heteroatoms. The SMILES string of the molecule is CCNC(=NCc1ncc(C)s1)NCCS(=O)(=O)NCC1CCC1. The molecule has 0 radical (unpaired) electrons. The fourth-order valence-electron chi connectivity index (χ4n) is 2.28. The average Bonchev–Trinajstić information content (AvgIpc) is 2.88. The molecule has 0 aromatic carbocycles. The summed E-state index contributed by atoms with van der Waals surface area (Å²) in [6, 6.07) is 0. The molecule has 7 nitrogen and oxygen atoms in total. The third kappa shape index (κ3) is 6.74. The number of thiazole rings is 1. The van der Waals surface area contributed by atoms with Gasteiger partial charge in [-0.3, -0.25) is 0 Å². The molecule has 1 saturated carbocycles. The van der Waals surface area contributed by atoms with Crippen molar-refractivity contribution >= 4 is 27.3 Å².